The van der Waals surface area contributed by atoms with Crippen molar-refractivity contribution in [3.63, 3.8) is 0 Å². The van der Waals surface area contributed by atoms with Gasteiger partial charge < -0.3 is 20.9 Å². The molecule has 5 amide bonds. The van der Waals surface area contributed by atoms with Crippen molar-refractivity contribution in [3.8, 4) is 0 Å². The summed E-state index contributed by atoms with van der Waals surface area (Å²) >= 11 is 0. The average Bonchev–Trinajstić information content (AvgIpc) is 3.95. The van der Waals surface area contributed by atoms with Crippen molar-refractivity contribution in [1.29, 1.82) is 0 Å². The van der Waals surface area contributed by atoms with E-state index in [2.05, 4.69) is 41.1 Å². The molecule has 278 valence electrons. The third kappa shape index (κ3) is 5.87. The Labute approximate surface area is 297 Å². The molecule has 0 unspecified atom stereocenters. The predicted octanol–water partition coefficient (Wildman–Crippen LogP) is 3.07. The number of fused-ring (bicyclic) bond motifs is 1. The first-order valence-corrected chi connectivity index (χ1v) is 20.2. The molecule has 2 spiro atoms. The molecule has 1 aliphatic heterocycles. The fourth-order valence-electron chi connectivity index (χ4n) is 10.2. The summed E-state index contributed by atoms with van der Waals surface area (Å²) in [6.07, 6.45) is 10.9. The Kier molecular flexibility index (Phi) is 9.08. The van der Waals surface area contributed by atoms with Crippen LogP contribution >= 0.6 is 0 Å². The fraction of sp³-hybridized carbons (Fsp3) is 0.811. The van der Waals surface area contributed by atoms with Gasteiger partial charge in [-0.1, -0.05) is 66.4 Å². The standard InChI is InChI=1S/C37H57N5O7S/c1-8-24-19-37(24,32(47)41-50(48,49)25-15-16-25)40-29(44)26-20-36(34(6,7)35(36)17-12-18-35)21-42(26)31(46)28(33(3,4)5)39-30(45)27(38-22(2)43)23-13-10-9-11-14-23/h8,23-28H,1,9-21H2,2-7H3,(H,38,43)(H,39,45)(H,40,44)(H,41,47)/t24-,26+,27+,28-,36-,37-/m1/s1. The van der Waals surface area contributed by atoms with Gasteiger partial charge in [0.25, 0.3) is 5.91 Å². The van der Waals surface area contributed by atoms with E-state index in [4.69, 9.17) is 0 Å². The molecule has 0 aromatic rings. The number of amides is 5. The summed E-state index contributed by atoms with van der Waals surface area (Å²) in [5.41, 5.74) is -2.65. The SMILES string of the molecule is C=C[C@@H]1C[C@]1(NC(=O)[C@@H]1C[C@@]2(CN1C(=O)[C@@H](NC(=O)[C@@H](NC(C)=O)C1CCCCC1)C(C)(C)C)C(C)(C)C21CCC1)C(=O)NS(=O)(=O)C1CC1. The number of hydrogen-bond donors (Lipinski definition) is 4. The molecule has 0 aromatic heterocycles. The molecule has 1 heterocycles. The molecule has 6 aliphatic rings. The lowest BCUT2D eigenvalue weighted by Gasteiger charge is -2.38. The predicted molar refractivity (Wildman–Crippen MR) is 187 cm³/mol. The van der Waals surface area contributed by atoms with Crippen molar-refractivity contribution in [3.05, 3.63) is 12.7 Å². The van der Waals surface area contributed by atoms with E-state index in [0.717, 1.165) is 51.4 Å². The third-order valence-electron chi connectivity index (χ3n) is 13.8. The first-order valence-electron chi connectivity index (χ1n) is 18.7. The number of nitrogens with one attached hydrogen (secondary N) is 4. The number of likely N-dealkylation sites (tertiary alicyclic amines) is 1. The van der Waals surface area contributed by atoms with Crippen LogP contribution in [0, 0.1) is 33.5 Å². The molecule has 1 saturated heterocycles. The summed E-state index contributed by atoms with van der Waals surface area (Å²) in [6, 6.07) is -2.70. The Morgan fingerprint density at radius 2 is 1.54 bits per heavy atom. The minimum Gasteiger partial charge on any atom is -0.344 e. The van der Waals surface area contributed by atoms with Crippen LogP contribution in [-0.4, -0.2) is 78.3 Å². The van der Waals surface area contributed by atoms with Crippen molar-refractivity contribution in [2.75, 3.05) is 6.54 Å². The van der Waals surface area contributed by atoms with Crippen LogP contribution in [0.5, 0.6) is 0 Å². The Balaban J connectivity index is 1.28. The van der Waals surface area contributed by atoms with Gasteiger partial charge in [-0.2, -0.15) is 0 Å². The van der Waals surface area contributed by atoms with Gasteiger partial charge in [0.1, 0.15) is 23.7 Å². The Bertz CT molecular complexity index is 1570. The average molecular weight is 716 g/mol. The Morgan fingerprint density at radius 3 is 2.02 bits per heavy atom. The number of nitrogens with zero attached hydrogens (tertiary/aromatic N) is 1. The lowest BCUT2D eigenvalue weighted by Crippen LogP contribution is -2.62. The number of carbonyl (C=O) groups is 5. The maximum absolute atomic E-state index is 14.9. The Hall–Kier alpha value is -2.96. The first kappa shape index (κ1) is 36.8. The van der Waals surface area contributed by atoms with Crippen molar-refractivity contribution < 1.29 is 32.4 Å². The van der Waals surface area contributed by atoms with E-state index in [9.17, 15) is 32.4 Å². The van der Waals surface area contributed by atoms with E-state index >= 15 is 0 Å². The molecule has 6 rings (SSSR count). The molecule has 0 aromatic carbocycles. The van der Waals surface area contributed by atoms with Gasteiger partial charge in [0.15, 0.2) is 0 Å². The van der Waals surface area contributed by atoms with Gasteiger partial charge in [-0.05, 0) is 73.5 Å². The van der Waals surface area contributed by atoms with Crippen LogP contribution in [-0.2, 0) is 34.0 Å². The minimum absolute atomic E-state index is 0.00214. The summed E-state index contributed by atoms with van der Waals surface area (Å²) in [6.45, 7) is 15.6. The molecule has 0 radical (unpaired) electrons. The third-order valence-corrected chi connectivity index (χ3v) is 15.6. The highest BCUT2D eigenvalue weighted by Crippen LogP contribution is 2.88. The quantitative estimate of drug-likeness (QED) is 0.238. The Morgan fingerprint density at radius 1 is 0.900 bits per heavy atom. The van der Waals surface area contributed by atoms with Crippen molar-refractivity contribution >= 4 is 39.6 Å². The van der Waals surface area contributed by atoms with E-state index in [-0.39, 0.29) is 40.4 Å². The van der Waals surface area contributed by atoms with Crippen molar-refractivity contribution in [2.45, 2.75) is 148 Å². The van der Waals surface area contributed by atoms with Gasteiger partial charge in [0, 0.05) is 24.8 Å². The molecule has 5 saturated carbocycles. The molecule has 6 fully saturated rings. The maximum atomic E-state index is 14.9. The van der Waals surface area contributed by atoms with E-state index in [1.54, 1.807) is 11.0 Å². The van der Waals surface area contributed by atoms with E-state index in [1.807, 2.05) is 20.8 Å². The van der Waals surface area contributed by atoms with Crippen LogP contribution in [0.3, 0.4) is 0 Å². The molecule has 4 N–H and O–H groups in total. The first-order chi connectivity index (χ1) is 23.3. The maximum Gasteiger partial charge on any atom is 0.259 e. The van der Waals surface area contributed by atoms with Crippen LogP contribution in [0.1, 0.15) is 119 Å². The normalized spacial score (nSPS) is 32.3. The van der Waals surface area contributed by atoms with Crippen molar-refractivity contribution in [1.82, 2.24) is 25.6 Å². The van der Waals surface area contributed by atoms with E-state index in [1.165, 1.54) is 6.92 Å². The molecular weight excluding hydrogens is 659 g/mol. The number of carbonyl (C=O) groups excluding carboxylic acids is 5. The molecule has 12 nitrogen and oxygen atoms in total. The summed E-state index contributed by atoms with van der Waals surface area (Å²) < 4.78 is 27.6. The van der Waals surface area contributed by atoms with Crippen LogP contribution in [0.25, 0.3) is 0 Å². The van der Waals surface area contributed by atoms with Crippen LogP contribution < -0.4 is 20.7 Å². The molecular formula is C37H57N5O7S. The highest BCUT2D eigenvalue weighted by atomic mass is 32.2. The zero-order chi connectivity index (χ0) is 36.7. The van der Waals surface area contributed by atoms with Gasteiger partial charge in [-0.3, -0.25) is 28.7 Å². The lowest BCUT2D eigenvalue weighted by atomic mass is 9.73. The van der Waals surface area contributed by atoms with Gasteiger partial charge >= 0.3 is 0 Å². The smallest absolute Gasteiger partial charge is 0.259 e. The second-order valence-corrected chi connectivity index (χ2v) is 19.9. The van der Waals surface area contributed by atoms with E-state index < -0.39 is 68.0 Å². The molecule has 0 bridgehead atoms. The van der Waals surface area contributed by atoms with Gasteiger partial charge in [0.05, 0.1) is 5.25 Å². The van der Waals surface area contributed by atoms with Crippen LogP contribution in [0.15, 0.2) is 12.7 Å². The summed E-state index contributed by atoms with van der Waals surface area (Å²) in [5.74, 6) is -2.87. The van der Waals surface area contributed by atoms with Gasteiger partial charge in [-0.25, -0.2) is 8.42 Å². The van der Waals surface area contributed by atoms with Gasteiger partial charge in [-0.15, -0.1) is 6.58 Å². The number of rotatable bonds is 11. The highest BCUT2D eigenvalue weighted by Gasteiger charge is 2.85. The molecule has 13 heteroatoms. The second kappa shape index (κ2) is 12.3. The highest BCUT2D eigenvalue weighted by molar-refractivity contribution is 7.91. The zero-order valence-corrected chi connectivity index (χ0v) is 31.5. The largest absolute Gasteiger partial charge is 0.344 e. The van der Waals surface area contributed by atoms with Crippen LogP contribution in [0.2, 0.25) is 0 Å². The second-order valence-electron chi connectivity index (χ2n) is 17.9. The summed E-state index contributed by atoms with van der Waals surface area (Å²) in [7, 11) is -3.85. The summed E-state index contributed by atoms with van der Waals surface area (Å²) in [4.78, 5) is 70.7. The molecule has 50 heavy (non-hydrogen) atoms. The number of hydrogen-bond acceptors (Lipinski definition) is 7. The van der Waals surface area contributed by atoms with Crippen molar-refractivity contribution in [2.24, 2.45) is 33.5 Å². The lowest BCUT2D eigenvalue weighted by molar-refractivity contribution is -0.145. The monoisotopic (exact) mass is 715 g/mol. The van der Waals surface area contributed by atoms with Crippen LogP contribution in [0.4, 0.5) is 0 Å². The van der Waals surface area contributed by atoms with E-state index in [0.29, 0.717) is 25.8 Å². The summed E-state index contributed by atoms with van der Waals surface area (Å²) in [5, 5.41) is 8.20. The molecule has 5 aliphatic carbocycles. The number of sulfonamides is 1. The zero-order valence-electron chi connectivity index (χ0n) is 30.7. The minimum atomic E-state index is -3.85. The topological polar surface area (TPSA) is 171 Å². The molecule has 6 atom stereocenters. The van der Waals surface area contributed by atoms with Gasteiger partial charge in [0.2, 0.25) is 33.7 Å². The fourth-order valence-corrected chi connectivity index (χ4v) is 11.6.